The summed E-state index contributed by atoms with van der Waals surface area (Å²) in [4.78, 5) is 25.2. The lowest BCUT2D eigenvalue weighted by molar-refractivity contribution is -0.122. The van der Waals surface area contributed by atoms with Gasteiger partial charge in [-0.2, -0.15) is 9.40 Å². The number of benzene rings is 2. The molecule has 0 aliphatic carbocycles. The molecule has 1 aliphatic heterocycles. The second kappa shape index (κ2) is 8.60. The number of amides is 1. The van der Waals surface area contributed by atoms with E-state index in [0.717, 1.165) is 23.8 Å². The second-order valence-corrected chi connectivity index (χ2v) is 9.56. The van der Waals surface area contributed by atoms with Crippen LogP contribution >= 0.6 is 0 Å². The molecule has 1 saturated heterocycles. The van der Waals surface area contributed by atoms with Crippen molar-refractivity contribution < 1.29 is 13.2 Å². The average molecular weight is 441 g/mol. The maximum absolute atomic E-state index is 12.6. The van der Waals surface area contributed by atoms with Gasteiger partial charge in [0, 0.05) is 25.0 Å². The molecule has 8 nitrogen and oxygen atoms in total. The molecule has 3 aromatic rings. The number of sulfonamides is 1. The lowest BCUT2D eigenvalue weighted by atomic mass is 10.1. The van der Waals surface area contributed by atoms with Gasteiger partial charge in [-0.3, -0.25) is 9.59 Å². The van der Waals surface area contributed by atoms with Gasteiger partial charge in [-0.15, -0.1) is 0 Å². The van der Waals surface area contributed by atoms with E-state index >= 15 is 0 Å². The summed E-state index contributed by atoms with van der Waals surface area (Å²) in [5.74, 6) is -0.349. The monoisotopic (exact) mass is 440 g/mol. The predicted molar refractivity (Wildman–Crippen MR) is 117 cm³/mol. The Morgan fingerprint density at radius 3 is 2.35 bits per heavy atom. The van der Waals surface area contributed by atoms with E-state index in [2.05, 4.69) is 10.4 Å². The molecule has 2 aromatic carbocycles. The van der Waals surface area contributed by atoms with Crippen LogP contribution in [0.25, 0.3) is 10.8 Å². The number of aromatic nitrogens is 2. The lowest BCUT2D eigenvalue weighted by Crippen LogP contribution is -2.33. The van der Waals surface area contributed by atoms with E-state index in [1.165, 1.54) is 8.99 Å². The molecule has 0 radical (unpaired) electrons. The molecule has 1 aliphatic rings. The van der Waals surface area contributed by atoms with Crippen molar-refractivity contribution in [1.82, 2.24) is 19.4 Å². The summed E-state index contributed by atoms with van der Waals surface area (Å²) in [5.41, 5.74) is 1.13. The van der Waals surface area contributed by atoms with Crippen molar-refractivity contribution >= 4 is 26.7 Å². The third-order valence-corrected chi connectivity index (χ3v) is 7.37. The Morgan fingerprint density at radius 2 is 1.68 bits per heavy atom. The molecule has 162 valence electrons. The van der Waals surface area contributed by atoms with Gasteiger partial charge in [0.25, 0.3) is 5.56 Å². The van der Waals surface area contributed by atoms with Crippen molar-refractivity contribution in [3.63, 3.8) is 0 Å². The van der Waals surface area contributed by atoms with Crippen LogP contribution in [-0.2, 0) is 27.9 Å². The summed E-state index contributed by atoms with van der Waals surface area (Å²) in [6.07, 6.45) is 1.77. The van der Waals surface area contributed by atoms with Crippen LogP contribution in [0, 0.1) is 6.92 Å². The maximum atomic E-state index is 12.6. The van der Waals surface area contributed by atoms with E-state index in [4.69, 9.17) is 0 Å². The first kappa shape index (κ1) is 21.2. The molecule has 1 aromatic heterocycles. The molecule has 0 atom stereocenters. The van der Waals surface area contributed by atoms with E-state index in [9.17, 15) is 18.0 Å². The SMILES string of the molecule is Cc1nn(CC(=O)NCc2ccc(S(=O)(=O)N3CCCC3)cc2)c(=O)c2ccccc12. The topological polar surface area (TPSA) is 101 Å². The number of aryl methyl sites for hydroxylation is 1. The number of hydrogen-bond donors (Lipinski definition) is 1. The molecular weight excluding hydrogens is 416 g/mol. The molecule has 1 amide bonds. The van der Waals surface area contributed by atoms with Gasteiger partial charge >= 0.3 is 0 Å². The highest BCUT2D eigenvalue weighted by Gasteiger charge is 2.26. The van der Waals surface area contributed by atoms with Gasteiger partial charge in [0.1, 0.15) is 6.54 Å². The van der Waals surface area contributed by atoms with Gasteiger partial charge < -0.3 is 5.32 Å². The third kappa shape index (κ3) is 4.38. The Bertz CT molecular complexity index is 1280. The Hall–Kier alpha value is -3.04. The molecule has 0 saturated carbocycles. The summed E-state index contributed by atoms with van der Waals surface area (Å²) in [7, 11) is -3.45. The van der Waals surface area contributed by atoms with Crippen LogP contribution in [0.5, 0.6) is 0 Å². The van der Waals surface area contributed by atoms with Crippen molar-refractivity contribution in [3.05, 3.63) is 70.1 Å². The van der Waals surface area contributed by atoms with Crippen LogP contribution in [-0.4, -0.2) is 41.5 Å². The number of nitrogens with zero attached hydrogens (tertiary/aromatic N) is 3. The molecule has 9 heteroatoms. The summed E-state index contributed by atoms with van der Waals surface area (Å²) in [6.45, 7) is 2.95. The maximum Gasteiger partial charge on any atom is 0.275 e. The summed E-state index contributed by atoms with van der Waals surface area (Å²) >= 11 is 0. The van der Waals surface area contributed by atoms with E-state index < -0.39 is 10.0 Å². The number of nitrogens with one attached hydrogen (secondary N) is 1. The first-order chi connectivity index (χ1) is 14.9. The summed E-state index contributed by atoms with van der Waals surface area (Å²) < 4.78 is 27.8. The van der Waals surface area contributed by atoms with Crippen molar-refractivity contribution in [2.45, 2.75) is 37.8 Å². The Balaban J connectivity index is 1.41. The zero-order valence-corrected chi connectivity index (χ0v) is 18.1. The normalized spacial score (nSPS) is 14.7. The van der Waals surface area contributed by atoms with E-state index in [1.54, 1.807) is 43.3 Å². The summed E-state index contributed by atoms with van der Waals surface area (Å²) in [6, 6.07) is 13.7. The van der Waals surface area contributed by atoms with Gasteiger partial charge in [-0.1, -0.05) is 30.3 Å². The molecule has 0 spiro atoms. The average Bonchev–Trinajstić information content (AvgIpc) is 3.32. The largest absolute Gasteiger partial charge is 0.350 e. The smallest absolute Gasteiger partial charge is 0.275 e. The minimum absolute atomic E-state index is 0.189. The van der Waals surface area contributed by atoms with E-state index in [-0.39, 0.29) is 29.5 Å². The molecule has 31 heavy (non-hydrogen) atoms. The van der Waals surface area contributed by atoms with Crippen molar-refractivity contribution in [3.8, 4) is 0 Å². The fourth-order valence-corrected chi connectivity index (χ4v) is 5.28. The molecule has 0 unspecified atom stereocenters. The number of fused-ring (bicyclic) bond motifs is 1. The minimum atomic E-state index is -3.45. The van der Waals surface area contributed by atoms with Crippen LogP contribution in [0.3, 0.4) is 0 Å². The number of carbonyl (C=O) groups is 1. The van der Waals surface area contributed by atoms with Gasteiger partial charge in [-0.05, 0) is 43.5 Å². The van der Waals surface area contributed by atoms with Crippen LogP contribution in [0.1, 0.15) is 24.1 Å². The van der Waals surface area contributed by atoms with Gasteiger partial charge in [0.05, 0.1) is 16.0 Å². The first-order valence-corrected chi connectivity index (χ1v) is 11.6. The Labute approximate surface area is 180 Å². The molecular formula is C22H24N4O4S. The number of rotatable bonds is 6. The van der Waals surface area contributed by atoms with Crippen molar-refractivity contribution in [1.29, 1.82) is 0 Å². The standard InChI is InChI=1S/C22H24N4O4S/c1-16-19-6-2-3-7-20(19)22(28)26(24-16)15-21(27)23-14-17-8-10-18(11-9-17)31(29,30)25-12-4-5-13-25/h2-3,6-11H,4-5,12-15H2,1H3,(H,23,27). The van der Waals surface area contributed by atoms with Crippen LogP contribution in [0.2, 0.25) is 0 Å². The highest BCUT2D eigenvalue weighted by molar-refractivity contribution is 7.89. The highest BCUT2D eigenvalue weighted by atomic mass is 32.2. The Morgan fingerprint density at radius 1 is 1.03 bits per heavy atom. The van der Waals surface area contributed by atoms with Crippen molar-refractivity contribution in [2.24, 2.45) is 0 Å². The lowest BCUT2D eigenvalue weighted by Gasteiger charge is -2.15. The van der Waals surface area contributed by atoms with Crippen LogP contribution in [0.15, 0.2) is 58.2 Å². The van der Waals surface area contributed by atoms with Crippen LogP contribution in [0.4, 0.5) is 0 Å². The zero-order valence-electron chi connectivity index (χ0n) is 17.2. The van der Waals surface area contributed by atoms with Crippen molar-refractivity contribution in [2.75, 3.05) is 13.1 Å². The quantitative estimate of drug-likeness (QED) is 0.630. The van der Waals surface area contributed by atoms with Gasteiger partial charge in [-0.25, -0.2) is 13.1 Å². The van der Waals surface area contributed by atoms with Gasteiger partial charge in [0.15, 0.2) is 0 Å². The molecule has 2 heterocycles. The Kier molecular flexibility index (Phi) is 5.88. The summed E-state index contributed by atoms with van der Waals surface area (Å²) in [5, 5.41) is 8.30. The fraction of sp³-hybridized carbons (Fsp3) is 0.318. The predicted octanol–water partition coefficient (Wildman–Crippen LogP) is 1.81. The van der Waals surface area contributed by atoms with E-state index in [0.29, 0.717) is 24.2 Å². The fourth-order valence-electron chi connectivity index (χ4n) is 3.76. The number of hydrogen-bond acceptors (Lipinski definition) is 5. The minimum Gasteiger partial charge on any atom is -0.350 e. The third-order valence-electron chi connectivity index (χ3n) is 5.46. The molecule has 1 N–H and O–H groups in total. The van der Waals surface area contributed by atoms with Gasteiger partial charge in [0.2, 0.25) is 15.9 Å². The van der Waals surface area contributed by atoms with Crippen LogP contribution < -0.4 is 10.9 Å². The molecule has 4 rings (SSSR count). The molecule has 0 bridgehead atoms. The molecule has 1 fully saturated rings. The van der Waals surface area contributed by atoms with E-state index in [1.807, 2.05) is 12.1 Å². The highest BCUT2D eigenvalue weighted by Crippen LogP contribution is 2.21. The second-order valence-electron chi connectivity index (χ2n) is 7.63. The number of carbonyl (C=O) groups excluding carboxylic acids is 1. The first-order valence-electron chi connectivity index (χ1n) is 10.2. The zero-order chi connectivity index (χ0) is 22.0.